The molecule has 2 aromatic rings. The number of rotatable bonds is 6. The van der Waals surface area contributed by atoms with Gasteiger partial charge in [-0.05, 0) is 70.3 Å². The molecule has 2 aliphatic carbocycles. The molecule has 3 aliphatic rings. The molecule has 0 bridgehead atoms. The van der Waals surface area contributed by atoms with Gasteiger partial charge in [0.2, 0.25) is 0 Å². The van der Waals surface area contributed by atoms with Gasteiger partial charge in [0.25, 0.3) is 0 Å². The number of benzene rings is 2. The Hall–Kier alpha value is -2.57. The first-order valence-electron chi connectivity index (χ1n) is 13.5. The summed E-state index contributed by atoms with van der Waals surface area (Å²) < 4.78 is 13.0. The maximum absolute atomic E-state index is 13.7. The number of nitrogens with one attached hydrogen (secondary N) is 1. The molecular formula is C32H35BrClNO4. The number of ether oxygens (including phenoxy) is 2. The van der Waals surface area contributed by atoms with Crippen LogP contribution in [0.2, 0.25) is 5.02 Å². The Morgan fingerprint density at radius 2 is 1.51 bits per heavy atom. The van der Waals surface area contributed by atoms with Gasteiger partial charge < -0.3 is 14.8 Å². The molecule has 0 radical (unpaired) electrons. The molecule has 5 nitrogen and oxygen atoms in total. The summed E-state index contributed by atoms with van der Waals surface area (Å²) in [6, 6.07) is 11.5. The molecule has 39 heavy (non-hydrogen) atoms. The van der Waals surface area contributed by atoms with E-state index >= 15 is 0 Å². The van der Waals surface area contributed by atoms with Crippen LogP contribution < -0.4 is 14.8 Å². The van der Waals surface area contributed by atoms with Crippen LogP contribution in [0.25, 0.3) is 0 Å². The number of allylic oxidation sites excluding steroid dienone is 4. The summed E-state index contributed by atoms with van der Waals surface area (Å²) in [6.45, 7) is 11.1. The molecule has 206 valence electrons. The van der Waals surface area contributed by atoms with Crippen molar-refractivity contribution in [3.05, 3.63) is 79.6 Å². The Balaban J connectivity index is 1.62. The summed E-state index contributed by atoms with van der Waals surface area (Å²) in [5.41, 5.74) is 4.72. The number of ketones is 2. The van der Waals surface area contributed by atoms with Crippen molar-refractivity contribution in [2.45, 2.75) is 72.8 Å². The quantitative estimate of drug-likeness (QED) is 0.358. The predicted molar refractivity (Wildman–Crippen MR) is 157 cm³/mol. The molecule has 0 aromatic heterocycles. The zero-order chi connectivity index (χ0) is 28.1. The van der Waals surface area contributed by atoms with E-state index in [2.05, 4.69) is 48.9 Å². The second-order valence-electron chi connectivity index (χ2n) is 12.4. The minimum atomic E-state index is -0.448. The van der Waals surface area contributed by atoms with Crippen LogP contribution >= 0.6 is 27.5 Å². The Labute approximate surface area is 244 Å². The number of hydrogen-bond acceptors (Lipinski definition) is 5. The van der Waals surface area contributed by atoms with Crippen LogP contribution in [0.15, 0.2) is 63.4 Å². The summed E-state index contributed by atoms with van der Waals surface area (Å²) in [4.78, 5) is 27.4. The van der Waals surface area contributed by atoms with Gasteiger partial charge in [-0.15, -0.1) is 0 Å². The Morgan fingerprint density at radius 1 is 0.923 bits per heavy atom. The number of hydrogen-bond donors (Lipinski definition) is 1. The fraction of sp³-hybridized carbons (Fsp3) is 0.438. The van der Waals surface area contributed by atoms with E-state index in [9.17, 15) is 9.59 Å². The van der Waals surface area contributed by atoms with Crippen molar-refractivity contribution in [3.8, 4) is 11.5 Å². The zero-order valence-electron chi connectivity index (χ0n) is 23.2. The monoisotopic (exact) mass is 611 g/mol. The zero-order valence-corrected chi connectivity index (χ0v) is 25.5. The molecular weight excluding hydrogens is 578 g/mol. The van der Waals surface area contributed by atoms with Crippen molar-refractivity contribution in [1.82, 2.24) is 5.32 Å². The molecule has 0 amide bonds. The topological polar surface area (TPSA) is 64.6 Å². The van der Waals surface area contributed by atoms with Gasteiger partial charge in [-0.1, -0.05) is 57.5 Å². The fourth-order valence-electron chi connectivity index (χ4n) is 6.15. The van der Waals surface area contributed by atoms with Gasteiger partial charge in [0, 0.05) is 51.9 Å². The molecule has 5 rings (SSSR count). The standard InChI is InChI=1S/C32H35BrClNO4/c1-6-38-26-12-19(11-20(33)30(26)39-17-18-9-7-8-10-21(18)34)27-28-22(13-31(2,3)15-24(28)36)35-23-14-32(4,5)16-25(37)29(23)27/h7-12,27,35H,6,13-17H2,1-5H3. The lowest BCUT2D eigenvalue weighted by Gasteiger charge is -2.44. The largest absolute Gasteiger partial charge is 0.490 e. The molecule has 0 saturated carbocycles. The van der Waals surface area contributed by atoms with Gasteiger partial charge in [0.15, 0.2) is 23.1 Å². The average Bonchev–Trinajstić information content (AvgIpc) is 2.81. The third kappa shape index (κ3) is 5.55. The number of halogens is 2. The molecule has 1 N–H and O–H groups in total. The highest BCUT2D eigenvalue weighted by atomic mass is 79.9. The average molecular weight is 613 g/mol. The summed E-state index contributed by atoms with van der Waals surface area (Å²) in [5, 5.41) is 4.21. The van der Waals surface area contributed by atoms with Crippen LogP contribution in [0.1, 0.15) is 77.3 Å². The molecule has 1 aliphatic heterocycles. The second kappa shape index (κ2) is 10.4. The summed E-state index contributed by atoms with van der Waals surface area (Å²) in [7, 11) is 0. The maximum atomic E-state index is 13.7. The van der Waals surface area contributed by atoms with E-state index in [0.29, 0.717) is 51.6 Å². The van der Waals surface area contributed by atoms with Crippen LogP contribution in [-0.4, -0.2) is 18.2 Å². The lowest BCUT2D eigenvalue weighted by molar-refractivity contribution is -0.119. The SMILES string of the molecule is CCOc1cc(C2C3=C(CC(C)(C)CC3=O)NC3=C2C(=O)CC(C)(C)C3)cc(Br)c1OCc1ccccc1Cl. The molecule has 1 heterocycles. The summed E-state index contributed by atoms with van der Waals surface area (Å²) >= 11 is 10.1. The smallest absolute Gasteiger partial charge is 0.175 e. The minimum Gasteiger partial charge on any atom is -0.490 e. The molecule has 0 fully saturated rings. The maximum Gasteiger partial charge on any atom is 0.175 e. The fourth-order valence-corrected chi connectivity index (χ4v) is 6.91. The molecule has 2 aromatic carbocycles. The van der Waals surface area contributed by atoms with Crippen molar-refractivity contribution in [2.24, 2.45) is 10.8 Å². The molecule has 0 atom stereocenters. The van der Waals surface area contributed by atoms with Gasteiger partial charge in [0.05, 0.1) is 11.1 Å². The first-order valence-corrected chi connectivity index (χ1v) is 14.7. The van der Waals surface area contributed by atoms with Gasteiger partial charge in [-0.25, -0.2) is 0 Å². The Morgan fingerprint density at radius 3 is 2.08 bits per heavy atom. The predicted octanol–water partition coefficient (Wildman–Crippen LogP) is 8.05. The number of carbonyl (C=O) groups is 2. The van der Waals surface area contributed by atoms with Gasteiger partial charge in [0.1, 0.15) is 6.61 Å². The summed E-state index contributed by atoms with van der Waals surface area (Å²) in [6.07, 6.45) is 2.42. The van der Waals surface area contributed by atoms with E-state index in [1.807, 2.05) is 43.3 Å². The minimum absolute atomic E-state index is 0.0936. The van der Waals surface area contributed by atoms with Crippen molar-refractivity contribution >= 4 is 39.1 Å². The Kier molecular flexibility index (Phi) is 7.49. The van der Waals surface area contributed by atoms with Crippen LogP contribution in [-0.2, 0) is 16.2 Å². The third-order valence-electron chi connectivity index (χ3n) is 7.71. The van der Waals surface area contributed by atoms with Gasteiger partial charge >= 0.3 is 0 Å². The second-order valence-corrected chi connectivity index (χ2v) is 13.6. The highest BCUT2D eigenvalue weighted by Crippen LogP contribution is 2.52. The molecule has 0 unspecified atom stereocenters. The number of carbonyl (C=O) groups excluding carboxylic acids is 2. The van der Waals surface area contributed by atoms with Crippen LogP contribution in [0.3, 0.4) is 0 Å². The first kappa shape index (κ1) is 28.0. The van der Waals surface area contributed by atoms with E-state index in [-0.39, 0.29) is 29.0 Å². The van der Waals surface area contributed by atoms with Crippen LogP contribution in [0.4, 0.5) is 0 Å². The molecule has 0 saturated heterocycles. The highest BCUT2D eigenvalue weighted by molar-refractivity contribution is 9.10. The lowest BCUT2D eigenvalue weighted by atomic mass is 9.64. The number of dihydropyridines is 1. The normalized spacial score (nSPS) is 20.4. The van der Waals surface area contributed by atoms with Crippen molar-refractivity contribution in [3.63, 3.8) is 0 Å². The van der Waals surface area contributed by atoms with E-state index in [0.717, 1.165) is 35.4 Å². The van der Waals surface area contributed by atoms with Crippen molar-refractivity contribution < 1.29 is 19.1 Å². The van der Waals surface area contributed by atoms with E-state index in [1.54, 1.807) is 0 Å². The van der Waals surface area contributed by atoms with E-state index in [4.69, 9.17) is 21.1 Å². The lowest BCUT2D eigenvalue weighted by Crippen LogP contribution is -2.42. The Bertz CT molecular complexity index is 1370. The van der Waals surface area contributed by atoms with E-state index < -0.39 is 5.92 Å². The third-order valence-corrected chi connectivity index (χ3v) is 8.67. The van der Waals surface area contributed by atoms with Crippen LogP contribution in [0.5, 0.6) is 11.5 Å². The number of Topliss-reactive ketones (excluding diaryl/α,β-unsaturated/α-hetero) is 2. The van der Waals surface area contributed by atoms with E-state index in [1.165, 1.54) is 0 Å². The van der Waals surface area contributed by atoms with Gasteiger partial charge in [-0.2, -0.15) is 0 Å². The van der Waals surface area contributed by atoms with Crippen molar-refractivity contribution in [1.29, 1.82) is 0 Å². The van der Waals surface area contributed by atoms with Gasteiger partial charge in [-0.3, -0.25) is 9.59 Å². The van der Waals surface area contributed by atoms with Crippen molar-refractivity contribution in [2.75, 3.05) is 6.61 Å². The summed E-state index contributed by atoms with van der Waals surface area (Å²) in [5.74, 6) is 0.859. The molecule has 7 heteroatoms. The van der Waals surface area contributed by atoms with Crippen LogP contribution in [0, 0.1) is 10.8 Å². The first-order chi connectivity index (χ1) is 18.4. The molecule has 0 spiro atoms. The highest BCUT2D eigenvalue weighted by Gasteiger charge is 2.46.